The average Bonchev–Trinajstić information content (AvgIpc) is 2.46. The standard InChI is InChI=1S/C16H12ClNO/c17-14-6-3-5-12(9-14)16(19)13-8-11-4-1-2-7-15(11)18-10-13/h1-10,16,19H. The van der Waals surface area contributed by atoms with Crippen LogP contribution in [0.3, 0.4) is 0 Å². The first kappa shape index (κ1) is 12.2. The normalized spacial score (nSPS) is 12.5. The molecule has 0 aliphatic carbocycles. The van der Waals surface area contributed by atoms with E-state index in [0.29, 0.717) is 5.02 Å². The van der Waals surface area contributed by atoms with Crippen LogP contribution < -0.4 is 0 Å². The van der Waals surface area contributed by atoms with Crippen molar-refractivity contribution in [2.45, 2.75) is 6.10 Å². The van der Waals surface area contributed by atoms with Crippen LogP contribution in [-0.4, -0.2) is 10.1 Å². The number of aromatic nitrogens is 1. The SMILES string of the molecule is OC(c1cccc(Cl)c1)c1cnc2ccccc2c1. The summed E-state index contributed by atoms with van der Waals surface area (Å²) in [5, 5.41) is 12.0. The van der Waals surface area contributed by atoms with Crippen LogP contribution in [0.25, 0.3) is 10.9 Å². The molecule has 1 aromatic heterocycles. The van der Waals surface area contributed by atoms with Crippen molar-refractivity contribution < 1.29 is 5.11 Å². The molecule has 1 atom stereocenters. The van der Waals surface area contributed by atoms with Crippen LogP contribution >= 0.6 is 11.6 Å². The molecule has 2 nitrogen and oxygen atoms in total. The van der Waals surface area contributed by atoms with Gasteiger partial charge in [-0.15, -0.1) is 0 Å². The second kappa shape index (κ2) is 5.00. The van der Waals surface area contributed by atoms with Crippen molar-refractivity contribution in [1.29, 1.82) is 0 Å². The molecule has 3 aromatic rings. The van der Waals surface area contributed by atoms with Gasteiger partial charge in [-0.3, -0.25) is 4.98 Å². The van der Waals surface area contributed by atoms with Gasteiger partial charge < -0.3 is 5.11 Å². The Labute approximate surface area is 116 Å². The lowest BCUT2D eigenvalue weighted by Gasteiger charge is -2.12. The molecule has 19 heavy (non-hydrogen) atoms. The Morgan fingerprint density at radius 2 is 1.79 bits per heavy atom. The molecule has 3 heteroatoms. The maximum Gasteiger partial charge on any atom is 0.106 e. The maximum absolute atomic E-state index is 10.4. The zero-order valence-electron chi connectivity index (χ0n) is 10.1. The number of hydrogen-bond donors (Lipinski definition) is 1. The predicted molar refractivity (Wildman–Crippen MR) is 77.3 cm³/mol. The van der Waals surface area contributed by atoms with Crippen molar-refractivity contribution in [3.8, 4) is 0 Å². The minimum atomic E-state index is -0.712. The summed E-state index contributed by atoms with van der Waals surface area (Å²) >= 11 is 5.94. The Hall–Kier alpha value is -1.90. The van der Waals surface area contributed by atoms with Gasteiger partial charge in [-0.05, 0) is 29.8 Å². The Morgan fingerprint density at radius 1 is 0.947 bits per heavy atom. The van der Waals surface area contributed by atoms with Crippen molar-refractivity contribution >= 4 is 22.5 Å². The molecule has 0 saturated heterocycles. The quantitative estimate of drug-likeness (QED) is 0.764. The zero-order chi connectivity index (χ0) is 13.2. The van der Waals surface area contributed by atoms with Crippen LogP contribution in [-0.2, 0) is 0 Å². The van der Waals surface area contributed by atoms with Gasteiger partial charge >= 0.3 is 0 Å². The fourth-order valence-electron chi connectivity index (χ4n) is 2.11. The largest absolute Gasteiger partial charge is 0.384 e. The fourth-order valence-corrected chi connectivity index (χ4v) is 2.31. The Bertz CT molecular complexity index is 727. The van der Waals surface area contributed by atoms with Crippen LogP contribution in [0.1, 0.15) is 17.2 Å². The Morgan fingerprint density at radius 3 is 2.63 bits per heavy atom. The van der Waals surface area contributed by atoms with E-state index in [1.165, 1.54) is 0 Å². The first-order valence-electron chi connectivity index (χ1n) is 6.02. The Kier molecular flexibility index (Phi) is 3.20. The molecule has 1 unspecified atom stereocenters. The number of hydrogen-bond acceptors (Lipinski definition) is 2. The number of rotatable bonds is 2. The number of para-hydroxylation sites is 1. The van der Waals surface area contributed by atoms with Gasteiger partial charge in [0.15, 0.2) is 0 Å². The molecule has 0 saturated carbocycles. The highest BCUT2D eigenvalue weighted by atomic mass is 35.5. The molecule has 0 amide bonds. The zero-order valence-corrected chi connectivity index (χ0v) is 10.9. The molecular formula is C16H12ClNO. The number of aliphatic hydroxyl groups excluding tert-OH is 1. The summed E-state index contributed by atoms with van der Waals surface area (Å²) in [5.74, 6) is 0. The van der Waals surface area contributed by atoms with E-state index >= 15 is 0 Å². The fraction of sp³-hybridized carbons (Fsp3) is 0.0625. The molecule has 1 N–H and O–H groups in total. The summed E-state index contributed by atoms with van der Waals surface area (Å²) in [4.78, 5) is 4.36. The molecule has 94 valence electrons. The van der Waals surface area contributed by atoms with Crippen molar-refractivity contribution in [1.82, 2.24) is 4.98 Å². The van der Waals surface area contributed by atoms with Crippen molar-refractivity contribution in [2.24, 2.45) is 0 Å². The van der Waals surface area contributed by atoms with Gasteiger partial charge in [0.25, 0.3) is 0 Å². The molecule has 0 aliphatic heterocycles. The van der Waals surface area contributed by atoms with Gasteiger partial charge in [0.1, 0.15) is 6.10 Å². The van der Waals surface area contributed by atoms with E-state index in [2.05, 4.69) is 4.98 Å². The van der Waals surface area contributed by atoms with Crippen molar-refractivity contribution in [3.63, 3.8) is 0 Å². The topological polar surface area (TPSA) is 33.1 Å². The number of pyridine rings is 1. The van der Waals surface area contributed by atoms with Crippen molar-refractivity contribution in [3.05, 3.63) is 76.9 Å². The van der Waals surface area contributed by atoms with E-state index in [1.54, 1.807) is 18.3 Å². The summed E-state index contributed by atoms with van der Waals surface area (Å²) in [7, 11) is 0. The lowest BCUT2D eigenvalue weighted by Crippen LogP contribution is -2.00. The van der Waals surface area contributed by atoms with E-state index < -0.39 is 6.10 Å². The van der Waals surface area contributed by atoms with E-state index in [9.17, 15) is 5.11 Å². The molecule has 0 radical (unpaired) electrons. The summed E-state index contributed by atoms with van der Waals surface area (Å²) in [6, 6.07) is 17.0. The van der Waals surface area contributed by atoms with Gasteiger partial charge in [-0.1, -0.05) is 41.9 Å². The second-order valence-corrected chi connectivity index (χ2v) is 4.86. The average molecular weight is 270 g/mol. The smallest absolute Gasteiger partial charge is 0.106 e. The number of halogens is 1. The summed E-state index contributed by atoms with van der Waals surface area (Å²) in [6.45, 7) is 0. The summed E-state index contributed by atoms with van der Waals surface area (Å²) in [6.07, 6.45) is 0.990. The molecule has 0 bridgehead atoms. The lowest BCUT2D eigenvalue weighted by molar-refractivity contribution is 0.220. The van der Waals surface area contributed by atoms with Gasteiger partial charge in [0, 0.05) is 22.2 Å². The highest BCUT2D eigenvalue weighted by Gasteiger charge is 2.11. The minimum Gasteiger partial charge on any atom is -0.384 e. The van der Waals surface area contributed by atoms with Gasteiger partial charge in [0.2, 0.25) is 0 Å². The highest BCUT2D eigenvalue weighted by Crippen LogP contribution is 2.25. The summed E-state index contributed by atoms with van der Waals surface area (Å²) < 4.78 is 0. The van der Waals surface area contributed by atoms with E-state index in [0.717, 1.165) is 22.0 Å². The van der Waals surface area contributed by atoms with E-state index in [1.807, 2.05) is 42.5 Å². The number of aliphatic hydroxyl groups is 1. The van der Waals surface area contributed by atoms with Gasteiger partial charge in [-0.2, -0.15) is 0 Å². The number of benzene rings is 2. The molecule has 0 spiro atoms. The van der Waals surface area contributed by atoms with Crippen LogP contribution in [0, 0.1) is 0 Å². The molecule has 0 fully saturated rings. The minimum absolute atomic E-state index is 0.616. The van der Waals surface area contributed by atoms with Gasteiger partial charge in [0.05, 0.1) is 5.52 Å². The molecular weight excluding hydrogens is 258 g/mol. The maximum atomic E-state index is 10.4. The predicted octanol–water partition coefficient (Wildman–Crippen LogP) is 3.97. The molecule has 3 rings (SSSR count). The van der Waals surface area contributed by atoms with Crippen LogP contribution in [0.4, 0.5) is 0 Å². The molecule has 2 aromatic carbocycles. The number of fused-ring (bicyclic) bond motifs is 1. The monoisotopic (exact) mass is 269 g/mol. The van der Waals surface area contributed by atoms with Gasteiger partial charge in [-0.25, -0.2) is 0 Å². The first-order chi connectivity index (χ1) is 9.24. The molecule has 0 aliphatic rings. The first-order valence-corrected chi connectivity index (χ1v) is 6.40. The summed E-state index contributed by atoms with van der Waals surface area (Å²) in [5.41, 5.74) is 2.45. The van der Waals surface area contributed by atoms with Crippen LogP contribution in [0.2, 0.25) is 5.02 Å². The lowest BCUT2D eigenvalue weighted by atomic mass is 10.0. The third-order valence-corrected chi connectivity index (χ3v) is 3.33. The van der Waals surface area contributed by atoms with E-state index in [-0.39, 0.29) is 0 Å². The Balaban J connectivity index is 2.04. The van der Waals surface area contributed by atoms with Crippen molar-refractivity contribution in [2.75, 3.05) is 0 Å². The second-order valence-electron chi connectivity index (χ2n) is 4.42. The van der Waals surface area contributed by atoms with E-state index in [4.69, 9.17) is 11.6 Å². The highest BCUT2D eigenvalue weighted by molar-refractivity contribution is 6.30. The van der Waals surface area contributed by atoms with Crippen LogP contribution in [0.5, 0.6) is 0 Å². The van der Waals surface area contributed by atoms with Crippen LogP contribution in [0.15, 0.2) is 60.8 Å². The molecule has 1 heterocycles. The number of nitrogens with zero attached hydrogens (tertiary/aromatic N) is 1. The third kappa shape index (κ3) is 2.46. The third-order valence-electron chi connectivity index (χ3n) is 3.09.